The van der Waals surface area contributed by atoms with Crippen LogP contribution in [0.2, 0.25) is 0 Å². The molecule has 0 heterocycles. The molecule has 3 rings (SSSR count). The normalized spacial score (nSPS) is 14.7. The third-order valence-corrected chi connectivity index (χ3v) is 5.68. The number of allylic oxidation sites excluding steroid dienone is 1. The van der Waals surface area contributed by atoms with Crippen LogP contribution in [-0.2, 0) is 10.0 Å². The highest BCUT2D eigenvalue weighted by Gasteiger charge is 2.21. The van der Waals surface area contributed by atoms with Crippen molar-refractivity contribution in [3.63, 3.8) is 0 Å². The van der Waals surface area contributed by atoms with Crippen LogP contribution in [-0.4, -0.2) is 8.42 Å². The Morgan fingerprint density at radius 1 is 1.04 bits per heavy atom. The lowest BCUT2D eigenvalue weighted by Crippen LogP contribution is -2.23. The summed E-state index contributed by atoms with van der Waals surface area (Å²) in [5, 5.41) is 0. The summed E-state index contributed by atoms with van der Waals surface area (Å²) in [7, 11) is -3.70. The van der Waals surface area contributed by atoms with Gasteiger partial charge in [0, 0.05) is 5.56 Å². The van der Waals surface area contributed by atoms with E-state index < -0.39 is 10.0 Å². The molecule has 0 bridgehead atoms. The van der Waals surface area contributed by atoms with Crippen LogP contribution in [0.1, 0.15) is 36.8 Å². The third kappa shape index (κ3) is 3.51. The number of benzene rings is 2. The molecule has 0 atom stereocenters. The Kier molecular flexibility index (Phi) is 4.71. The summed E-state index contributed by atoms with van der Waals surface area (Å²) in [4.78, 5) is 0.202. The molecule has 0 radical (unpaired) electrons. The van der Waals surface area contributed by atoms with Crippen molar-refractivity contribution in [1.29, 1.82) is 0 Å². The van der Waals surface area contributed by atoms with Gasteiger partial charge < -0.3 is 0 Å². The Morgan fingerprint density at radius 2 is 1.71 bits per heavy atom. The molecule has 1 saturated carbocycles. The molecule has 1 N–H and O–H groups in total. The highest BCUT2D eigenvalue weighted by Crippen LogP contribution is 2.32. The number of rotatable bonds is 4. The third-order valence-electron chi connectivity index (χ3n) is 4.31. The molecule has 2 aromatic carbocycles. The highest BCUT2D eigenvalue weighted by atomic mass is 32.2. The van der Waals surface area contributed by atoms with E-state index in [-0.39, 0.29) is 10.7 Å². The lowest BCUT2D eigenvalue weighted by Gasteiger charge is -2.16. The van der Waals surface area contributed by atoms with Gasteiger partial charge in [-0.05, 0) is 61.9 Å². The van der Waals surface area contributed by atoms with Gasteiger partial charge in [0.15, 0.2) is 0 Å². The van der Waals surface area contributed by atoms with E-state index in [4.69, 9.17) is 0 Å². The van der Waals surface area contributed by atoms with Gasteiger partial charge in [0.2, 0.25) is 0 Å². The van der Waals surface area contributed by atoms with Gasteiger partial charge in [0.1, 0.15) is 5.82 Å². The zero-order chi connectivity index (χ0) is 17.2. The average Bonchev–Trinajstić information content (AvgIpc) is 3.10. The Hall–Kier alpha value is -2.14. The second kappa shape index (κ2) is 6.77. The quantitative estimate of drug-likeness (QED) is 0.893. The van der Waals surface area contributed by atoms with Crippen LogP contribution in [0, 0.1) is 12.7 Å². The van der Waals surface area contributed by atoms with Gasteiger partial charge in [-0.1, -0.05) is 30.3 Å². The smallest absolute Gasteiger partial charge is 0.261 e. The topological polar surface area (TPSA) is 46.2 Å². The number of hydrogen-bond acceptors (Lipinski definition) is 2. The van der Waals surface area contributed by atoms with Gasteiger partial charge in [0.05, 0.1) is 10.6 Å². The van der Waals surface area contributed by atoms with Crippen LogP contribution in [0.15, 0.2) is 59.0 Å². The van der Waals surface area contributed by atoms with Gasteiger partial charge in [0.25, 0.3) is 10.0 Å². The molecular weight excluding hydrogens is 325 g/mol. The Labute approximate surface area is 142 Å². The van der Waals surface area contributed by atoms with Gasteiger partial charge >= 0.3 is 0 Å². The average molecular weight is 345 g/mol. The lowest BCUT2D eigenvalue weighted by molar-refractivity contribution is 0.591. The Morgan fingerprint density at radius 3 is 2.33 bits per heavy atom. The first-order valence-electron chi connectivity index (χ1n) is 8.04. The summed E-state index contributed by atoms with van der Waals surface area (Å²) < 4.78 is 42.1. The molecule has 0 saturated heterocycles. The maximum Gasteiger partial charge on any atom is 0.261 e. The Bertz CT molecular complexity index is 865. The summed E-state index contributed by atoms with van der Waals surface area (Å²) in [6, 6.07) is 13.1. The summed E-state index contributed by atoms with van der Waals surface area (Å²) in [6.07, 6.45) is 3.73. The van der Waals surface area contributed by atoms with E-state index >= 15 is 0 Å². The first-order chi connectivity index (χ1) is 11.5. The maximum absolute atomic E-state index is 14.0. The van der Waals surface area contributed by atoms with Crippen LogP contribution < -0.4 is 4.72 Å². The minimum Gasteiger partial charge on any atom is -0.279 e. The van der Waals surface area contributed by atoms with Crippen molar-refractivity contribution in [3.05, 3.63) is 71.0 Å². The van der Waals surface area contributed by atoms with Crippen molar-refractivity contribution >= 4 is 15.7 Å². The lowest BCUT2D eigenvalue weighted by atomic mass is 10.0. The van der Waals surface area contributed by atoms with E-state index in [0.29, 0.717) is 16.8 Å². The minimum atomic E-state index is -3.70. The monoisotopic (exact) mass is 345 g/mol. The molecular formula is C19H20FNO2S. The van der Waals surface area contributed by atoms with Gasteiger partial charge in [-0.2, -0.15) is 0 Å². The first-order valence-corrected chi connectivity index (χ1v) is 9.52. The minimum absolute atomic E-state index is 0.202. The molecule has 2 aromatic rings. The van der Waals surface area contributed by atoms with Crippen molar-refractivity contribution in [2.24, 2.45) is 0 Å². The summed E-state index contributed by atoms with van der Waals surface area (Å²) in [5.41, 5.74) is 2.68. The largest absolute Gasteiger partial charge is 0.279 e. The number of sulfonamides is 1. The fourth-order valence-electron chi connectivity index (χ4n) is 2.93. The molecule has 5 heteroatoms. The molecule has 0 spiro atoms. The van der Waals surface area contributed by atoms with Crippen molar-refractivity contribution in [2.45, 2.75) is 37.5 Å². The second-order valence-electron chi connectivity index (χ2n) is 6.07. The fraction of sp³-hybridized carbons (Fsp3) is 0.263. The van der Waals surface area contributed by atoms with E-state index in [0.717, 1.165) is 31.3 Å². The Balaban J connectivity index is 2.04. The number of aryl methyl sites for hydroxylation is 1. The molecule has 0 aliphatic heterocycles. The van der Waals surface area contributed by atoms with E-state index in [9.17, 15) is 12.8 Å². The predicted octanol–water partition coefficient (Wildman–Crippen LogP) is 4.40. The van der Waals surface area contributed by atoms with E-state index in [1.807, 2.05) is 0 Å². The zero-order valence-electron chi connectivity index (χ0n) is 13.5. The number of hydrogen-bond donors (Lipinski definition) is 1. The molecule has 0 amide bonds. The van der Waals surface area contributed by atoms with Crippen LogP contribution in [0.25, 0.3) is 5.70 Å². The SMILES string of the molecule is Cc1ccc(C(NS(=O)(=O)c2ccccc2)=C2CCCC2)cc1F. The van der Waals surface area contributed by atoms with Gasteiger partial charge in [-0.25, -0.2) is 12.8 Å². The number of halogens is 1. The van der Waals surface area contributed by atoms with Gasteiger partial charge in [-0.15, -0.1) is 0 Å². The molecule has 1 aliphatic rings. The first kappa shape index (κ1) is 16.7. The van der Waals surface area contributed by atoms with Crippen molar-refractivity contribution in [1.82, 2.24) is 4.72 Å². The van der Waals surface area contributed by atoms with Crippen LogP contribution in [0.3, 0.4) is 0 Å². The zero-order valence-corrected chi connectivity index (χ0v) is 14.4. The van der Waals surface area contributed by atoms with Crippen molar-refractivity contribution in [3.8, 4) is 0 Å². The predicted molar refractivity (Wildman–Crippen MR) is 93.3 cm³/mol. The van der Waals surface area contributed by atoms with Crippen molar-refractivity contribution in [2.75, 3.05) is 0 Å². The van der Waals surface area contributed by atoms with Gasteiger partial charge in [-0.3, -0.25) is 4.72 Å². The van der Waals surface area contributed by atoms with Crippen LogP contribution >= 0.6 is 0 Å². The highest BCUT2D eigenvalue weighted by molar-refractivity contribution is 7.89. The molecule has 1 fully saturated rings. The molecule has 3 nitrogen and oxygen atoms in total. The summed E-state index contributed by atoms with van der Waals surface area (Å²) in [6.45, 7) is 1.69. The molecule has 0 unspecified atom stereocenters. The molecule has 24 heavy (non-hydrogen) atoms. The molecule has 126 valence electrons. The van der Waals surface area contributed by atoms with Crippen LogP contribution in [0.4, 0.5) is 4.39 Å². The second-order valence-corrected chi connectivity index (χ2v) is 7.75. The fourth-order valence-corrected chi connectivity index (χ4v) is 4.09. The maximum atomic E-state index is 14.0. The molecule has 1 aliphatic carbocycles. The molecule has 0 aromatic heterocycles. The van der Waals surface area contributed by atoms with E-state index in [1.54, 1.807) is 49.4 Å². The summed E-state index contributed by atoms with van der Waals surface area (Å²) in [5.74, 6) is -0.331. The number of nitrogens with one attached hydrogen (secondary N) is 1. The van der Waals surface area contributed by atoms with E-state index in [1.165, 1.54) is 6.07 Å². The van der Waals surface area contributed by atoms with Crippen LogP contribution in [0.5, 0.6) is 0 Å². The van der Waals surface area contributed by atoms with Crippen molar-refractivity contribution < 1.29 is 12.8 Å². The standard InChI is InChI=1S/C19H20FNO2S/c1-14-11-12-16(13-18(14)20)19(15-7-5-6-8-15)21-24(22,23)17-9-3-2-4-10-17/h2-4,9-13,21H,5-8H2,1H3. The summed E-state index contributed by atoms with van der Waals surface area (Å²) >= 11 is 0. The van der Waals surface area contributed by atoms with E-state index in [2.05, 4.69) is 4.72 Å².